The summed E-state index contributed by atoms with van der Waals surface area (Å²) >= 11 is 0. The third-order valence-electron chi connectivity index (χ3n) is 2.29. The van der Waals surface area contributed by atoms with Gasteiger partial charge in [0.25, 0.3) is 5.91 Å². The molecule has 6 nitrogen and oxygen atoms in total. The molecule has 15 heavy (non-hydrogen) atoms. The minimum atomic E-state index is -0.409. The van der Waals surface area contributed by atoms with Gasteiger partial charge in [-0.25, -0.2) is 0 Å². The van der Waals surface area contributed by atoms with Gasteiger partial charge in [-0.05, 0) is 0 Å². The maximum atomic E-state index is 11.7. The first-order valence-corrected chi connectivity index (χ1v) is 4.88. The number of morpholine rings is 1. The van der Waals surface area contributed by atoms with Crippen molar-refractivity contribution in [2.45, 2.75) is 6.10 Å². The molecule has 0 bridgehead atoms. The second-order valence-corrected chi connectivity index (χ2v) is 3.39. The molecule has 82 valence electrons. The zero-order valence-electron chi connectivity index (χ0n) is 8.56. The lowest BCUT2D eigenvalue weighted by Gasteiger charge is -2.22. The molecule has 0 aromatic carbocycles. The number of hydrogen-bond acceptors (Lipinski definition) is 4. The Balaban J connectivity index is 1.94. The second kappa shape index (κ2) is 4.41. The van der Waals surface area contributed by atoms with Crippen molar-refractivity contribution in [2.75, 3.05) is 25.0 Å². The van der Waals surface area contributed by atoms with Crippen LogP contribution in [-0.2, 0) is 16.6 Å². The lowest BCUT2D eigenvalue weighted by molar-refractivity contribution is -0.128. The van der Waals surface area contributed by atoms with Crippen molar-refractivity contribution in [1.29, 1.82) is 0 Å². The molecule has 1 aliphatic rings. The van der Waals surface area contributed by atoms with Crippen molar-refractivity contribution in [3.63, 3.8) is 0 Å². The molecule has 1 amide bonds. The van der Waals surface area contributed by atoms with E-state index in [1.807, 2.05) is 0 Å². The number of aromatic nitrogens is 2. The monoisotopic (exact) mass is 210 g/mol. The highest BCUT2D eigenvalue weighted by Crippen LogP contribution is 2.06. The van der Waals surface area contributed by atoms with E-state index in [2.05, 4.69) is 15.7 Å². The highest BCUT2D eigenvalue weighted by atomic mass is 16.5. The molecule has 1 saturated heterocycles. The SMILES string of the molecule is Cn1nccc1NC(=O)[C@@H]1CNCCO1. The lowest BCUT2D eigenvalue weighted by atomic mass is 10.3. The van der Waals surface area contributed by atoms with Gasteiger partial charge in [0.05, 0.1) is 12.8 Å². The fourth-order valence-electron chi connectivity index (χ4n) is 1.44. The summed E-state index contributed by atoms with van der Waals surface area (Å²) in [6, 6.07) is 1.74. The van der Waals surface area contributed by atoms with Crippen LogP contribution in [0.5, 0.6) is 0 Å². The first-order chi connectivity index (χ1) is 7.27. The summed E-state index contributed by atoms with van der Waals surface area (Å²) in [5.74, 6) is 0.542. The van der Waals surface area contributed by atoms with Gasteiger partial charge in [0.1, 0.15) is 11.9 Å². The number of hydrogen-bond donors (Lipinski definition) is 2. The van der Waals surface area contributed by atoms with Crippen molar-refractivity contribution >= 4 is 11.7 Å². The minimum absolute atomic E-state index is 0.134. The number of aryl methyl sites for hydroxylation is 1. The van der Waals surface area contributed by atoms with Gasteiger partial charge in [-0.2, -0.15) is 5.10 Å². The van der Waals surface area contributed by atoms with E-state index in [1.165, 1.54) is 0 Å². The summed E-state index contributed by atoms with van der Waals surface area (Å²) in [6.07, 6.45) is 1.23. The number of nitrogens with zero attached hydrogens (tertiary/aromatic N) is 2. The van der Waals surface area contributed by atoms with Crippen LogP contribution in [-0.4, -0.2) is 41.5 Å². The molecule has 6 heteroatoms. The van der Waals surface area contributed by atoms with Crippen LogP contribution in [0.1, 0.15) is 0 Å². The van der Waals surface area contributed by atoms with Crippen LogP contribution < -0.4 is 10.6 Å². The molecular formula is C9H14N4O2. The van der Waals surface area contributed by atoms with E-state index in [0.717, 1.165) is 6.54 Å². The summed E-state index contributed by atoms with van der Waals surface area (Å²) in [5, 5.41) is 9.82. The summed E-state index contributed by atoms with van der Waals surface area (Å²) in [4.78, 5) is 11.7. The van der Waals surface area contributed by atoms with Crippen LogP contribution in [0.15, 0.2) is 12.3 Å². The molecular weight excluding hydrogens is 196 g/mol. The van der Waals surface area contributed by atoms with Crippen molar-refractivity contribution in [2.24, 2.45) is 7.05 Å². The maximum Gasteiger partial charge on any atom is 0.255 e. The van der Waals surface area contributed by atoms with Crippen molar-refractivity contribution in [3.8, 4) is 0 Å². The van der Waals surface area contributed by atoms with Crippen LogP contribution in [0.2, 0.25) is 0 Å². The Morgan fingerprint density at radius 3 is 3.27 bits per heavy atom. The number of nitrogens with one attached hydrogen (secondary N) is 2. The topological polar surface area (TPSA) is 68.2 Å². The van der Waals surface area contributed by atoms with Gasteiger partial charge >= 0.3 is 0 Å². The summed E-state index contributed by atoms with van der Waals surface area (Å²) in [5.41, 5.74) is 0. The minimum Gasteiger partial charge on any atom is -0.366 e. The Morgan fingerprint density at radius 2 is 2.67 bits per heavy atom. The molecule has 1 aromatic heterocycles. The molecule has 2 heterocycles. The maximum absolute atomic E-state index is 11.7. The quantitative estimate of drug-likeness (QED) is 0.680. The molecule has 1 fully saturated rings. The van der Waals surface area contributed by atoms with Gasteiger partial charge in [-0.1, -0.05) is 0 Å². The molecule has 1 atom stereocenters. The lowest BCUT2D eigenvalue weighted by Crippen LogP contribution is -2.45. The fourth-order valence-corrected chi connectivity index (χ4v) is 1.44. The molecule has 0 aliphatic carbocycles. The van der Waals surface area contributed by atoms with Gasteiger partial charge in [0.2, 0.25) is 0 Å². The zero-order chi connectivity index (χ0) is 10.7. The molecule has 2 rings (SSSR count). The number of carbonyl (C=O) groups is 1. The van der Waals surface area contributed by atoms with Gasteiger partial charge in [-0.15, -0.1) is 0 Å². The van der Waals surface area contributed by atoms with E-state index in [1.54, 1.807) is 24.0 Å². The standard InChI is InChI=1S/C9H14N4O2/c1-13-8(2-3-11-13)12-9(14)7-6-10-4-5-15-7/h2-3,7,10H,4-6H2,1H3,(H,12,14)/t7-/m0/s1. The van der Waals surface area contributed by atoms with Crippen LogP contribution in [0.25, 0.3) is 0 Å². The Labute approximate surface area is 87.6 Å². The summed E-state index contributed by atoms with van der Waals surface area (Å²) in [6.45, 7) is 1.93. The number of anilines is 1. The number of amides is 1. The Kier molecular flexibility index (Phi) is 2.98. The molecule has 1 aromatic rings. The highest BCUT2D eigenvalue weighted by Gasteiger charge is 2.22. The highest BCUT2D eigenvalue weighted by molar-refractivity contribution is 5.93. The largest absolute Gasteiger partial charge is 0.366 e. The third-order valence-corrected chi connectivity index (χ3v) is 2.29. The third kappa shape index (κ3) is 2.34. The smallest absolute Gasteiger partial charge is 0.255 e. The molecule has 0 unspecified atom stereocenters. The van der Waals surface area contributed by atoms with Crippen LogP contribution in [0.3, 0.4) is 0 Å². The van der Waals surface area contributed by atoms with E-state index in [0.29, 0.717) is 19.0 Å². The Hall–Kier alpha value is -1.40. The molecule has 0 spiro atoms. The Bertz CT molecular complexity index is 344. The summed E-state index contributed by atoms with van der Waals surface area (Å²) in [7, 11) is 1.77. The van der Waals surface area contributed by atoms with Crippen LogP contribution in [0.4, 0.5) is 5.82 Å². The van der Waals surface area contributed by atoms with E-state index in [-0.39, 0.29) is 5.91 Å². The molecule has 0 radical (unpaired) electrons. The number of carbonyl (C=O) groups excluding carboxylic acids is 1. The average Bonchev–Trinajstić information content (AvgIpc) is 2.66. The molecule has 0 saturated carbocycles. The van der Waals surface area contributed by atoms with Crippen molar-refractivity contribution in [1.82, 2.24) is 15.1 Å². The van der Waals surface area contributed by atoms with Crippen LogP contribution >= 0.6 is 0 Å². The normalized spacial score (nSPS) is 21.3. The van der Waals surface area contributed by atoms with Gasteiger partial charge < -0.3 is 15.4 Å². The number of ether oxygens (including phenoxy) is 1. The predicted molar refractivity (Wildman–Crippen MR) is 54.4 cm³/mol. The average molecular weight is 210 g/mol. The molecule has 2 N–H and O–H groups in total. The van der Waals surface area contributed by atoms with Crippen molar-refractivity contribution in [3.05, 3.63) is 12.3 Å². The Morgan fingerprint density at radius 1 is 1.80 bits per heavy atom. The molecule has 1 aliphatic heterocycles. The van der Waals surface area contributed by atoms with E-state index in [9.17, 15) is 4.79 Å². The van der Waals surface area contributed by atoms with E-state index < -0.39 is 6.10 Å². The van der Waals surface area contributed by atoms with Gasteiger partial charge in [0, 0.05) is 26.2 Å². The zero-order valence-corrected chi connectivity index (χ0v) is 8.56. The fraction of sp³-hybridized carbons (Fsp3) is 0.556. The first-order valence-electron chi connectivity index (χ1n) is 4.88. The number of rotatable bonds is 2. The second-order valence-electron chi connectivity index (χ2n) is 3.39. The first kappa shape index (κ1) is 10.1. The van der Waals surface area contributed by atoms with Crippen molar-refractivity contribution < 1.29 is 9.53 Å². The summed E-state index contributed by atoms with van der Waals surface area (Å²) < 4.78 is 6.93. The predicted octanol–water partition coefficient (Wildman–Crippen LogP) is -0.653. The van der Waals surface area contributed by atoms with E-state index in [4.69, 9.17) is 4.74 Å². The van der Waals surface area contributed by atoms with Gasteiger partial charge in [-0.3, -0.25) is 9.48 Å². The van der Waals surface area contributed by atoms with Gasteiger partial charge in [0.15, 0.2) is 0 Å². The van der Waals surface area contributed by atoms with Crippen LogP contribution in [0, 0.1) is 0 Å². The van der Waals surface area contributed by atoms with E-state index >= 15 is 0 Å².